The average Bonchev–Trinajstić information content (AvgIpc) is 4.03. The van der Waals surface area contributed by atoms with E-state index in [0.29, 0.717) is 29.7 Å². The molecule has 294 valence electrons. The molecule has 16 nitrogen and oxygen atoms in total. The van der Waals surface area contributed by atoms with Gasteiger partial charge >= 0.3 is 6.09 Å². The summed E-state index contributed by atoms with van der Waals surface area (Å²) in [4.78, 5) is 70.6. The van der Waals surface area contributed by atoms with Crippen LogP contribution in [0.25, 0.3) is 11.0 Å². The number of nitrogens with one attached hydrogen (secondary N) is 4. The quantitative estimate of drug-likeness (QED) is 0.194. The third kappa shape index (κ3) is 8.98. The van der Waals surface area contributed by atoms with Gasteiger partial charge in [0.25, 0.3) is 11.8 Å². The maximum absolute atomic E-state index is 14.6. The fourth-order valence-electron chi connectivity index (χ4n) is 6.50. The van der Waals surface area contributed by atoms with Crippen LogP contribution >= 0.6 is 0 Å². The number of aromatic nitrogens is 3. The number of hydrogen-bond acceptors (Lipinski definition) is 12. The van der Waals surface area contributed by atoms with Gasteiger partial charge in [-0.3, -0.25) is 19.1 Å². The lowest BCUT2D eigenvalue weighted by atomic mass is 9.85. The molecule has 17 heteroatoms. The van der Waals surface area contributed by atoms with Gasteiger partial charge in [0.2, 0.25) is 21.8 Å². The summed E-state index contributed by atoms with van der Waals surface area (Å²) in [7, 11) is -3.92. The zero-order valence-corrected chi connectivity index (χ0v) is 32.6. The van der Waals surface area contributed by atoms with Gasteiger partial charge in [0.1, 0.15) is 35.1 Å². The molecule has 55 heavy (non-hydrogen) atoms. The van der Waals surface area contributed by atoms with E-state index in [1.54, 1.807) is 78.1 Å². The van der Waals surface area contributed by atoms with Crippen LogP contribution < -0.4 is 25.4 Å². The van der Waals surface area contributed by atoms with Gasteiger partial charge in [-0.15, -0.1) is 6.58 Å². The standard InChI is InChI=1S/C38H48N8O8S/c1-8-22-20-38(22,34(49)45-55(51,52)24-16-17-24)44-31(47)27-19-23(21-46(27)33(48)29(36(2,3)4)43-35(50)54-37(5,6)7)53-32-30(42-28-15-11-12-18-39-28)40-25-13-9-10-14-26(25)41-32/h8-15,18,22-24,27,29H,1,16-17,19-21H2,2-7H3,(H,43,50)(H,44,47)(H,45,49)(H,39,40,42)/t22-,23-,27+,29-,38?/m1/s1. The molecule has 0 radical (unpaired) electrons. The summed E-state index contributed by atoms with van der Waals surface area (Å²) in [6.07, 6.45) is 2.43. The number of benzene rings is 1. The highest BCUT2D eigenvalue weighted by Crippen LogP contribution is 2.45. The molecule has 4 N–H and O–H groups in total. The Morgan fingerprint density at radius 2 is 1.67 bits per heavy atom. The highest BCUT2D eigenvalue weighted by molar-refractivity contribution is 7.91. The summed E-state index contributed by atoms with van der Waals surface area (Å²) in [5.41, 5.74) is -2.16. The van der Waals surface area contributed by atoms with Crippen LogP contribution in [0.5, 0.6) is 5.88 Å². The van der Waals surface area contributed by atoms with Crippen molar-refractivity contribution in [2.75, 3.05) is 11.9 Å². The molecule has 5 atom stereocenters. The largest absolute Gasteiger partial charge is 0.470 e. The zero-order valence-electron chi connectivity index (χ0n) is 31.8. The second-order valence-electron chi connectivity index (χ2n) is 16.3. The Morgan fingerprint density at radius 3 is 2.25 bits per heavy atom. The molecule has 2 aromatic heterocycles. The van der Waals surface area contributed by atoms with Crippen molar-refractivity contribution in [2.45, 2.75) is 102 Å². The van der Waals surface area contributed by atoms with Crippen LogP contribution in [0.4, 0.5) is 16.4 Å². The summed E-state index contributed by atoms with van der Waals surface area (Å²) < 4.78 is 39.6. The fourth-order valence-corrected chi connectivity index (χ4v) is 7.86. The molecule has 3 fully saturated rings. The average molecular weight is 777 g/mol. The lowest BCUT2D eigenvalue weighted by Crippen LogP contribution is -2.60. The number of ether oxygens (including phenoxy) is 2. The topological polar surface area (TPSA) is 211 Å². The molecular formula is C38H48N8O8S. The number of amides is 4. The number of carbonyl (C=O) groups is 4. The predicted molar refractivity (Wildman–Crippen MR) is 203 cm³/mol. The molecule has 3 heterocycles. The van der Waals surface area contributed by atoms with Gasteiger partial charge in [0.05, 0.1) is 22.8 Å². The summed E-state index contributed by atoms with van der Waals surface area (Å²) in [6, 6.07) is 10.2. The normalized spacial score (nSPS) is 22.9. The molecular weight excluding hydrogens is 729 g/mol. The van der Waals surface area contributed by atoms with Gasteiger partial charge in [-0.25, -0.2) is 28.2 Å². The van der Waals surface area contributed by atoms with Crippen molar-refractivity contribution in [3.05, 3.63) is 61.3 Å². The molecule has 1 unspecified atom stereocenters. The molecule has 3 aliphatic rings. The molecule has 1 saturated heterocycles. The Labute approximate surface area is 320 Å². The first-order valence-corrected chi connectivity index (χ1v) is 19.8. The Balaban J connectivity index is 1.32. The molecule has 2 aliphatic carbocycles. The number of pyridine rings is 1. The van der Waals surface area contributed by atoms with E-state index >= 15 is 0 Å². The summed E-state index contributed by atoms with van der Waals surface area (Å²) >= 11 is 0. The predicted octanol–water partition coefficient (Wildman–Crippen LogP) is 3.73. The number of nitrogens with zero attached hydrogens (tertiary/aromatic N) is 4. The fraction of sp³-hybridized carbons (Fsp3) is 0.500. The number of carbonyl (C=O) groups excluding carboxylic acids is 4. The first-order chi connectivity index (χ1) is 25.8. The van der Waals surface area contributed by atoms with Crippen molar-refractivity contribution in [3.8, 4) is 5.88 Å². The van der Waals surface area contributed by atoms with E-state index < -0.39 is 79.7 Å². The lowest BCUT2D eigenvalue weighted by Gasteiger charge is -2.36. The lowest BCUT2D eigenvalue weighted by molar-refractivity contribution is -0.143. The molecule has 4 amide bonds. The minimum absolute atomic E-state index is 0.0464. The second-order valence-corrected chi connectivity index (χ2v) is 18.3. The third-order valence-corrected chi connectivity index (χ3v) is 11.4. The van der Waals surface area contributed by atoms with Crippen LogP contribution in [0.15, 0.2) is 61.3 Å². The number of para-hydroxylation sites is 2. The Kier molecular flexibility index (Phi) is 10.5. The van der Waals surface area contributed by atoms with Crippen molar-refractivity contribution >= 4 is 56.5 Å². The van der Waals surface area contributed by atoms with E-state index in [0.717, 1.165) is 0 Å². The van der Waals surface area contributed by atoms with Crippen molar-refractivity contribution in [1.82, 2.24) is 35.2 Å². The molecule has 6 rings (SSSR count). The molecule has 3 aromatic rings. The van der Waals surface area contributed by atoms with Crippen molar-refractivity contribution in [1.29, 1.82) is 0 Å². The SMILES string of the molecule is C=C[C@@H]1CC1(NC(=O)[C@@H]1C[C@@H](Oc2nc3ccccc3nc2Nc2ccccn2)CN1C(=O)[C@@H](NC(=O)OC(C)(C)C)C(C)(C)C)C(=O)NS(=O)(=O)C1CC1. The van der Waals surface area contributed by atoms with Gasteiger partial charge < -0.3 is 30.3 Å². The Bertz CT molecular complexity index is 2100. The van der Waals surface area contributed by atoms with Crippen LogP contribution in [0.2, 0.25) is 0 Å². The summed E-state index contributed by atoms with van der Waals surface area (Å²) in [6.45, 7) is 14.1. The molecule has 1 aliphatic heterocycles. The van der Waals surface area contributed by atoms with E-state index in [9.17, 15) is 27.6 Å². The first-order valence-electron chi connectivity index (χ1n) is 18.2. The van der Waals surface area contributed by atoms with Crippen molar-refractivity contribution < 1.29 is 37.1 Å². The maximum Gasteiger partial charge on any atom is 0.408 e. The number of sulfonamides is 1. The van der Waals surface area contributed by atoms with Crippen molar-refractivity contribution in [2.24, 2.45) is 11.3 Å². The van der Waals surface area contributed by atoms with Crippen LogP contribution in [-0.4, -0.2) is 93.2 Å². The maximum atomic E-state index is 14.6. The minimum Gasteiger partial charge on any atom is -0.470 e. The molecule has 0 bridgehead atoms. The second kappa shape index (κ2) is 14.7. The van der Waals surface area contributed by atoms with E-state index in [4.69, 9.17) is 19.4 Å². The van der Waals surface area contributed by atoms with Crippen LogP contribution in [0.3, 0.4) is 0 Å². The van der Waals surface area contributed by atoms with Gasteiger partial charge in [-0.05, 0) is 69.7 Å². The highest BCUT2D eigenvalue weighted by atomic mass is 32.2. The van der Waals surface area contributed by atoms with E-state index in [-0.39, 0.29) is 31.1 Å². The summed E-state index contributed by atoms with van der Waals surface area (Å²) in [5.74, 6) is -1.88. The molecule has 0 spiro atoms. The molecule has 1 aromatic carbocycles. The molecule has 2 saturated carbocycles. The number of likely N-dealkylation sites (tertiary alicyclic amines) is 1. The monoisotopic (exact) mass is 776 g/mol. The zero-order chi connectivity index (χ0) is 39.9. The Morgan fingerprint density at radius 1 is 1.00 bits per heavy atom. The highest BCUT2D eigenvalue weighted by Gasteiger charge is 2.62. The van der Waals surface area contributed by atoms with Gasteiger partial charge in [-0.1, -0.05) is 45.0 Å². The van der Waals surface area contributed by atoms with E-state index in [1.807, 2.05) is 12.1 Å². The van der Waals surface area contributed by atoms with E-state index in [1.165, 1.54) is 11.0 Å². The first kappa shape index (κ1) is 39.4. The smallest absolute Gasteiger partial charge is 0.408 e. The number of rotatable bonds is 12. The number of hydrogen-bond donors (Lipinski definition) is 4. The van der Waals surface area contributed by atoms with Crippen LogP contribution in [0, 0.1) is 11.3 Å². The van der Waals surface area contributed by atoms with Crippen LogP contribution in [-0.2, 0) is 29.1 Å². The van der Waals surface area contributed by atoms with Crippen LogP contribution in [0.1, 0.15) is 67.2 Å². The van der Waals surface area contributed by atoms with Gasteiger partial charge in [0.15, 0.2) is 5.82 Å². The Hall–Kier alpha value is -5.32. The summed E-state index contributed by atoms with van der Waals surface area (Å²) in [5, 5.41) is 7.97. The minimum atomic E-state index is -3.92. The van der Waals surface area contributed by atoms with Crippen molar-refractivity contribution in [3.63, 3.8) is 0 Å². The number of alkyl carbamates (subject to hydrolysis) is 1. The number of fused-ring (bicyclic) bond motifs is 1. The van der Waals surface area contributed by atoms with E-state index in [2.05, 4.69) is 32.2 Å². The van der Waals surface area contributed by atoms with Gasteiger partial charge in [-0.2, -0.15) is 0 Å². The third-order valence-electron chi connectivity index (χ3n) is 9.60. The van der Waals surface area contributed by atoms with Gasteiger partial charge in [0, 0.05) is 18.5 Å². The number of anilines is 2.